The summed E-state index contributed by atoms with van der Waals surface area (Å²) < 4.78 is 62.5. The first-order chi connectivity index (χ1) is 14.4. The van der Waals surface area contributed by atoms with E-state index >= 15 is 0 Å². The molecular weight excluding hydrogens is 418 g/mol. The second-order valence-corrected chi connectivity index (χ2v) is 8.03. The maximum atomic E-state index is 14.1. The minimum Gasteiger partial charge on any atom is -0.496 e. The van der Waals surface area contributed by atoms with E-state index in [-0.39, 0.29) is 22.2 Å². The standard InChI is InChI=1S/C21H21F4N3O3/c1-19(2,15-8-13(22)4-5-18(15)31-3)11-20(30,21(23,24)25)12-28-7-6-17(29)14-9-26-27-10-16(14)28/h4-10,30H,11-12H2,1-3H3. The summed E-state index contributed by atoms with van der Waals surface area (Å²) >= 11 is 0. The number of fused-ring (bicyclic) bond motifs is 1. The zero-order valence-electron chi connectivity index (χ0n) is 17.1. The molecule has 1 aromatic carbocycles. The second kappa shape index (κ2) is 7.92. The normalized spacial score (nSPS) is 14.5. The third-order valence-electron chi connectivity index (χ3n) is 5.27. The van der Waals surface area contributed by atoms with Crippen LogP contribution in [-0.2, 0) is 12.0 Å². The third-order valence-corrected chi connectivity index (χ3v) is 5.27. The molecule has 1 N–H and O–H groups in total. The molecule has 0 spiro atoms. The largest absolute Gasteiger partial charge is 0.496 e. The number of aliphatic hydroxyl groups is 1. The molecule has 0 saturated heterocycles. The number of halogens is 4. The Kier molecular flexibility index (Phi) is 5.79. The molecular formula is C21H21F4N3O3. The van der Waals surface area contributed by atoms with Gasteiger partial charge in [0.2, 0.25) is 0 Å². The van der Waals surface area contributed by atoms with E-state index in [0.717, 1.165) is 35.2 Å². The molecule has 166 valence electrons. The average Bonchev–Trinajstić information content (AvgIpc) is 2.69. The molecule has 1 unspecified atom stereocenters. The highest BCUT2D eigenvalue weighted by molar-refractivity contribution is 5.76. The number of methoxy groups -OCH3 is 1. The van der Waals surface area contributed by atoms with Crippen LogP contribution in [0.15, 0.2) is 47.7 Å². The Morgan fingerprint density at radius 1 is 1.13 bits per heavy atom. The SMILES string of the molecule is COc1ccc(F)cc1C(C)(C)CC(O)(Cn1ccc(=O)c2cnncc21)C(F)(F)F. The van der Waals surface area contributed by atoms with E-state index in [1.807, 2.05) is 0 Å². The minimum absolute atomic E-state index is 0.0769. The molecule has 0 radical (unpaired) electrons. The summed E-state index contributed by atoms with van der Waals surface area (Å²) in [6, 6.07) is 4.66. The van der Waals surface area contributed by atoms with E-state index in [2.05, 4.69) is 10.2 Å². The average molecular weight is 439 g/mol. The van der Waals surface area contributed by atoms with Crippen molar-refractivity contribution in [2.75, 3.05) is 7.11 Å². The first-order valence-corrected chi connectivity index (χ1v) is 9.31. The number of alkyl halides is 3. The Morgan fingerprint density at radius 3 is 2.45 bits per heavy atom. The van der Waals surface area contributed by atoms with Crippen LogP contribution in [0.3, 0.4) is 0 Å². The second-order valence-electron chi connectivity index (χ2n) is 8.03. The first-order valence-electron chi connectivity index (χ1n) is 9.31. The number of hydrogen-bond acceptors (Lipinski definition) is 5. The molecule has 3 aromatic rings. The lowest BCUT2D eigenvalue weighted by Crippen LogP contribution is -2.52. The molecule has 1 atom stereocenters. The van der Waals surface area contributed by atoms with Crippen molar-refractivity contribution in [2.24, 2.45) is 0 Å². The van der Waals surface area contributed by atoms with E-state index in [4.69, 9.17) is 4.74 Å². The molecule has 0 amide bonds. The first kappa shape index (κ1) is 22.7. The molecule has 2 heterocycles. The van der Waals surface area contributed by atoms with E-state index < -0.39 is 41.4 Å². The monoisotopic (exact) mass is 439 g/mol. The van der Waals surface area contributed by atoms with Crippen molar-refractivity contribution in [3.05, 3.63) is 64.5 Å². The van der Waals surface area contributed by atoms with Crippen molar-refractivity contribution in [3.63, 3.8) is 0 Å². The van der Waals surface area contributed by atoms with Gasteiger partial charge in [0.25, 0.3) is 0 Å². The van der Waals surface area contributed by atoms with Crippen LogP contribution >= 0.6 is 0 Å². The highest BCUT2D eigenvalue weighted by Crippen LogP contribution is 2.44. The van der Waals surface area contributed by atoms with Gasteiger partial charge in [-0.15, -0.1) is 0 Å². The number of ether oxygens (including phenoxy) is 1. The van der Waals surface area contributed by atoms with Gasteiger partial charge in [0.1, 0.15) is 11.6 Å². The topological polar surface area (TPSA) is 77.2 Å². The molecule has 2 aromatic heterocycles. The summed E-state index contributed by atoms with van der Waals surface area (Å²) in [5.74, 6) is -0.426. The van der Waals surface area contributed by atoms with Crippen molar-refractivity contribution in [1.82, 2.24) is 14.8 Å². The Morgan fingerprint density at radius 2 is 1.81 bits per heavy atom. The number of benzene rings is 1. The van der Waals surface area contributed by atoms with E-state index in [0.29, 0.717) is 0 Å². The van der Waals surface area contributed by atoms with Gasteiger partial charge < -0.3 is 14.4 Å². The maximum absolute atomic E-state index is 14.1. The van der Waals surface area contributed by atoms with Gasteiger partial charge in [-0.3, -0.25) is 4.79 Å². The van der Waals surface area contributed by atoms with Crippen LogP contribution in [0, 0.1) is 5.82 Å². The smallest absolute Gasteiger partial charge is 0.418 e. The Bertz CT molecular complexity index is 1160. The van der Waals surface area contributed by atoms with Gasteiger partial charge in [0, 0.05) is 17.8 Å². The van der Waals surface area contributed by atoms with Gasteiger partial charge in [-0.2, -0.15) is 23.4 Å². The molecule has 0 aliphatic rings. The van der Waals surface area contributed by atoms with Crippen LogP contribution in [0.1, 0.15) is 25.8 Å². The number of nitrogens with zero attached hydrogens (tertiary/aromatic N) is 3. The quantitative estimate of drug-likeness (QED) is 0.594. The zero-order valence-corrected chi connectivity index (χ0v) is 17.1. The summed E-state index contributed by atoms with van der Waals surface area (Å²) in [7, 11) is 1.33. The fraction of sp³-hybridized carbons (Fsp3) is 0.381. The molecule has 0 aliphatic heterocycles. The fourth-order valence-corrected chi connectivity index (χ4v) is 3.76. The molecule has 0 saturated carbocycles. The van der Waals surface area contributed by atoms with Crippen LogP contribution in [0.4, 0.5) is 17.6 Å². The minimum atomic E-state index is -5.03. The van der Waals surface area contributed by atoms with Gasteiger partial charge in [-0.25, -0.2) is 4.39 Å². The Balaban J connectivity index is 2.08. The van der Waals surface area contributed by atoms with Gasteiger partial charge >= 0.3 is 6.18 Å². The van der Waals surface area contributed by atoms with Gasteiger partial charge in [-0.1, -0.05) is 13.8 Å². The van der Waals surface area contributed by atoms with Gasteiger partial charge in [0.15, 0.2) is 11.0 Å². The van der Waals surface area contributed by atoms with E-state index in [1.165, 1.54) is 33.2 Å². The lowest BCUT2D eigenvalue weighted by atomic mass is 9.74. The molecule has 0 aliphatic carbocycles. The summed E-state index contributed by atoms with van der Waals surface area (Å²) in [6.45, 7) is 2.03. The molecule has 10 heteroatoms. The third kappa shape index (κ3) is 4.39. The summed E-state index contributed by atoms with van der Waals surface area (Å²) in [5, 5.41) is 18.2. The zero-order chi connectivity index (χ0) is 23.0. The highest BCUT2D eigenvalue weighted by Gasteiger charge is 2.56. The number of rotatable bonds is 6. The van der Waals surface area contributed by atoms with Crippen molar-refractivity contribution < 1.29 is 27.4 Å². The van der Waals surface area contributed by atoms with Gasteiger partial charge in [-0.05, 0) is 30.0 Å². The maximum Gasteiger partial charge on any atom is 0.418 e. The Hall–Kier alpha value is -3.01. The van der Waals surface area contributed by atoms with Crippen LogP contribution < -0.4 is 10.2 Å². The Labute approximate surface area is 175 Å². The van der Waals surface area contributed by atoms with Crippen molar-refractivity contribution >= 4 is 10.9 Å². The van der Waals surface area contributed by atoms with Crippen molar-refractivity contribution in [2.45, 2.75) is 44.0 Å². The number of hydrogen-bond donors (Lipinski definition) is 1. The van der Waals surface area contributed by atoms with Crippen LogP contribution in [0.5, 0.6) is 5.75 Å². The van der Waals surface area contributed by atoms with Crippen LogP contribution in [0.2, 0.25) is 0 Å². The predicted octanol–water partition coefficient (Wildman–Crippen LogP) is 3.60. The number of aromatic nitrogens is 3. The molecule has 0 bridgehead atoms. The summed E-state index contributed by atoms with van der Waals surface area (Å²) in [5.41, 5.74) is -4.67. The van der Waals surface area contributed by atoms with Gasteiger partial charge in [0.05, 0.1) is 37.0 Å². The van der Waals surface area contributed by atoms with Crippen molar-refractivity contribution in [1.29, 1.82) is 0 Å². The summed E-state index contributed by atoms with van der Waals surface area (Å²) in [4.78, 5) is 12.0. The molecule has 0 fully saturated rings. The lowest BCUT2D eigenvalue weighted by Gasteiger charge is -2.39. The van der Waals surface area contributed by atoms with E-state index in [9.17, 15) is 27.5 Å². The van der Waals surface area contributed by atoms with Crippen LogP contribution in [0.25, 0.3) is 10.9 Å². The molecule has 6 nitrogen and oxygen atoms in total. The van der Waals surface area contributed by atoms with Crippen molar-refractivity contribution in [3.8, 4) is 5.75 Å². The highest BCUT2D eigenvalue weighted by atomic mass is 19.4. The number of pyridine rings is 1. The van der Waals surface area contributed by atoms with E-state index in [1.54, 1.807) is 0 Å². The molecule has 31 heavy (non-hydrogen) atoms. The molecule has 3 rings (SSSR count). The summed E-state index contributed by atoms with van der Waals surface area (Å²) in [6.07, 6.45) is -2.34. The fourth-order valence-electron chi connectivity index (χ4n) is 3.76. The lowest BCUT2D eigenvalue weighted by molar-refractivity contribution is -0.271. The predicted molar refractivity (Wildman–Crippen MR) is 105 cm³/mol. The van der Waals surface area contributed by atoms with Crippen LogP contribution in [-0.4, -0.2) is 38.8 Å².